The smallest absolute Gasteiger partial charge is 0.216 e. The molecular formula is C40H29IrN3O-2. The molecule has 1 radical (unpaired) electrons. The Balaban J connectivity index is 0.000000246. The Morgan fingerprint density at radius 2 is 1.56 bits per heavy atom. The minimum Gasteiger partial charge on any atom is -0.486 e. The molecule has 0 saturated carbocycles. The summed E-state index contributed by atoms with van der Waals surface area (Å²) in [5.41, 5.74) is 5.98. The molecule has 0 saturated heterocycles. The standard InChI is InChI=1S/C28H19N2O.C12H10N.Ir/c1-17-6-8-19-9-10-20(15-22(19)14-17)21-12-13-29-26(16-21)25-5-3-4-23-24-11-7-18(2)30-28(24)31-27(23)25;1-10-7-8-12(13-9-10)11-5-3-2-4-6-11;/h3-4,6-16H,1-2H3;2-5,7-9H,1H3;/q2*-1;/i1D3,2D3;1D3;. The molecule has 221 valence electrons. The van der Waals surface area contributed by atoms with Gasteiger partial charge < -0.3 is 14.4 Å². The number of aryl methyl sites for hydroxylation is 3. The van der Waals surface area contributed by atoms with Gasteiger partial charge in [0.15, 0.2) is 0 Å². The fraction of sp³-hybridized carbons (Fsp3) is 0.0750. The van der Waals surface area contributed by atoms with Gasteiger partial charge in [-0.3, -0.25) is 0 Å². The van der Waals surface area contributed by atoms with Crippen molar-refractivity contribution in [2.24, 2.45) is 0 Å². The molecule has 4 nitrogen and oxygen atoms in total. The van der Waals surface area contributed by atoms with E-state index in [0.717, 1.165) is 38.5 Å². The van der Waals surface area contributed by atoms with E-state index in [9.17, 15) is 0 Å². The Morgan fingerprint density at radius 3 is 2.38 bits per heavy atom. The number of furan rings is 1. The summed E-state index contributed by atoms with van der Waals surface area (Å²) in [4.78, 5) is 12.9. The van der Waals surface area contributed by atoms with Crippen LogP contribution in [0.15, 0.2) is 126 Å². The molecule has 0 aliphatic heterocycles. The van der Waals surface area contributed by atoms with E-state index in [2.05, 4.69) is 27.1 Å². The Morgan fingerprint density at radius 1 is 0.667 bits per heavy atom. The number of fused-ring (bicyclic) bond motifs is 4. The van der Waals surface area contributed by atoms with E-state index in [1.165, 1.54) is 12.3 Å². The normalized spacial score (nSPS) is 14.6. The van der Waals surface area contributed by atoms with Crippen LogP contribution in [0.25, 0.3) is 66.5 Å². The first-order valence-electron chi connectivity index (χ1n) is 18.3. The number of aromatic nitrogens is 3. The Bertz CT molecular complexity index is 2580. The van der Waals surface area contributed by atoms with Crippen molar-refractivity contribution in [3.8, 4) is 33.6 Å². The predicted molar refractivity (Wildman–Crippen MR) is 179 cm³/mol. The van der Waals surface area contributed by atoms with E-state index in [0.29, 0.717) is 27.8 Å². The third-order valence-electron chi connectivity index (χ3n) is 7.24. The zero-order chi connectivity index (χ0) is 37.5. The molecule has 45 heavy (non-hydrogen) atoms. The van der Waals surface area contributed by atoms with Gasteiger partial charge in [0, 0.05) is 55.9 Å². The first kappa shape index (κ1) is 20.9. The van der Waals surface area contributed by atoms with Crippen LogP contribution >= 0.6 is 0 Å². The van der Waals surface area contributed by atoms with Gasteiger partial charge in [-0.05, 0) is 83.7 Å². The van der Waals surface area contributed by atoms with Crippen LogP contribution in [0, 0.1) is 32.7 Å². The summed E-state index contributed by atoms with van der Waals surface area (Å²) in [6, 6.07) is 38.7. The third kappa shape index (κ3) is 6.32. The molecular weight excluding hydrogens is 731 g/mol. The van der Waals surface area contributed by atoms with Gasteiger partial charge in [-0.15, -0.1) is 54.1 Å². The van der Waals surface area contributed by atoms with Crippen molar-refractivity contribution in [1.29, 1.82) is 0 Å². The fourth-order valence-corrected chi connectivity index (χ4v) is 5.09. The number of rotatable bonds is 3. The summed E-state index contributed by atoms with van der Waals surface area (Å²) in [7, 11) is 0. The van der Waals surface area contributed by atoms with E-state index in [1.54, 1.807) is 48.7 Å². The summed E-state index contributed by atoms with van der Waals surface area (Å²) < 4.78 is 73.8. The van der Waals surface area contributed by atoms with Crippen molar-refractivity contribution in [3.63, 3.8) is 0 Å². The van der Waals surface area contributed by atoms with E-state index >= 15 is 0 Å². The molecule has 0 aliphatic carbocycles. The number of pyridine rings is 3. The van der Waals surface area contributed by atoms with Crippen molar-refractivity contribution in [3.05, 3.63) is 151 Å². The van der Waals surface area contributed by atoms with Crippen molar-refractivity contribution >= 4 is 32.8 Å². The van der Waals surface area contributed by atoms with Gasteiger partial charge in [0.05, 0.1) is 5.58 Å². The molecule has 8 aromatic rings. The summed E-state index contributed by atoms with van der Waals surface area (Å²) in [5.74, 6) is 0. The topological polar surface area (TPSA) is 51.8 Å². The number of benzene rings is 4. The minimum atomic E-state index is -2.33. The van der Waals surface area contributed by atoms with Crippen LogP contribution in [-0.4, -0.2) is 15.0 Å². The van der Waals surface area contributed by atoms with Gasteiger partial charge in [-0.2, -0.15) is 0 Å². The summed E-state index contributed by atoms with van der Waals surface area (Å²) in [5, 5.41) is 3.30. The van der Waals surface area contributed by atoms with Crippen LogP contribution in [0.5, 0.6) is 0 Å². The third-order valence-corrected chi connectivity index (χ3v) is 7.24. The molecule has 0 atom stereocenters. The van der Waals surface area contributed by atoms with E-state index in [1.807, 2.05) is 60.7 Å². The average Bonchev–Trinajstić information content (AvgIpc) is 3.52. The van der Waals surface area contributed by atoms with E-state index in [4.69, 9.17) is 16.8 Å². The molecule has 0 N–H and O–H groups in total. The molecule has 5 heteroatoms. The van der Waals surface area contributed by atoms with Gasteiger partial charge in [0.25, 0.3) is 0 Å². The molecule has 4 aromatic heterocycles. The zero-order valence-corrected chi connectivity index (χ0v) is 26.0. The Hall–Kier alpha value is -4.96. The van der Waals surface area contributed by atoms with Crippen LogP contribution in [0.2, 0.25) is 0 Å². The number of hydrogen-bond donors (Lipinski definition) is 0. The van der Waals surface area contributed by atoms with Crippen molar-refractivity contribution in [2.45, 2.75) is 20.6 Å². The first-order chi connectivity index (χ1) is 25.1. The maximum Gasteiger partial charge on any atom is 0.216 e. The maximum absolute atomic E-state index is 7.72. The molecule has 4 aromatic carbocycles. The molecule has 0 unspecified atom stereocenters. The van der Waals surface area contributed by atoms with E-state index in [-0.39, 0.29) is 37.1 Å². The summed E-state index contributed by atoms with van der Waals surface area (Å²) >= 11 is 0. The van der Waals surface area contributed by atoms with Gasteiger partial charge in [0.1, 0.15) is 0 Å². The Labute approximate surface area is 288 Å². The zero-order valence-electron chi connectivity index (χ0n) is 32.6. The monoisotopic (exact) mass is 769 g/mol. The molecule has 0 aliphatic rings. The Kier molecular flexibility index (Phi) is 6.01. The molecule has 0 amide bonds. The van der Waals surface area contributed by atoms with Crippen molar-refractivity contribution in [1.82, 2.24) is 15.0 Å². The second kappa shape index (κ2) is 13.0. The van der Waals surface area contributed by atoms with Crippen LogP contribution in [-0.2, 0) is 20.1 Å². The van der Waals surface area contributed by atoms with Gasteiger partial charge in [0.2, 0.25) is 5.71 Å². The molecule has 0 fully saturated rings. The van der Waals surface area contributed by atoms with Crippen LogP contribution < -0.4 is 0 Å². The number of nitrogens with zero attached hydrogens (tertiary/aromatic N) is 3. The van der Waals surface area contributed by atoms with Crippen LogP contribution in [0.4, 0.5) is 0 Å². The summed E-state index contributed by atoms with van der Waals surface area (Å²) in [6.07, 6.45) is 3.09. The van der Waals surface area contributed by atoms with Gasteiger partial charge in [-0.1, -0.05) is 65.0 Å². The molecule has 0 spiro atoms. The SMILES string of the molecule is [2H]C([2H])([2H])c1ccc(-c2[c-]cccc2)nc1.[2H]C([2H])([2H])c1ccc2ccc(-c3ccnc(-c4[c-]ccc5c4oc4nc(C([2H])([2H])[2H])ccc45)c3)cc2c1.[Ir]. The van der Waals surface area contributed by atoms with Crippen molar-refractivity contribution in [2.75, 3.05) is 0 Å². The quantitative estimate of drug-likeness (QED) is 0.168. The van der Waals surface area contributed by atoms with Crippen LogP contribution in [0.3, 0.4) is 0 Å². The molecule has 8 rings (SSSR count). The predicted octanol–water partition coefficient (Wildman–Crippen LogP) is 10.1. The average molecular weight is 769 g/mol. The minimum absolute atomic E-state index is 0. The first-order valence-corrected chi connectivity index (χ1v) is 13.8. The fourth-order valence-electron chi connectivity index (χ4n) is 5.09. The molecule has 4 heterocycles. The second-order valence-electron chi connectivity index (χ2n) is 10.2. The second-order valence-corrected chi connectivity index (χ2v) is 10.2. The largest absolute Gasteiger partial charge is 0.486 e. The summed E-state index contributed by atoms with van der Waals surface area (Å²) in [6.45, 7) is -6.59. The van der Waals surface area contributed by atoms with Crippen LogP contribution in [0.1, 0.15) is 29.2 Å². The van der Waals surface area contributed by atoms with E-state index < -0.39 is 20.6 Å². The van der Waals surface area contributed by atoms with Gasteiger partial charge in [-0.25, -0.2) is 4.98 Å². The van der Waals surface area contributed by atoms with Gasteiger partial charge >= 0.3 is 0 Å². The number of hydrogen-bond acceptors (Lipinski definition) is 4. The molecule has 0 bridgehead atoms. The maximum atomic E-state index is 7.72. The van der Waals surface area contributed by atoms with Crippen molar-refractivity contribution < 1.29 is 36.9 Å².